The highest BCUT2D eigenvalue weighted by molar-refractivity contribution is 7.89. The van der Waals surface area contributed by atoms with Crippen LogP contribution in [0.4, 0.5) is 0 Å². The third kappa shape index (κ3) is 5.67. The number of nitrogens with one attached hydrogen (secondary N) is 2. The fourth-order valence-corrected chi connectivity index (χ4v) is 4.53. The third-order valence-electron chi connectivity index (χ3n) is 3.45. The first-order chi connectivity index (χ1) is 9.99. The summed E-state index contributed by atoms with van der Waals surface area (Å²) in [5.74, 6) is 0. The number of rotatable bonds is 10. The number of hydrogen-bond acceptors (Lipinski definition) is 5. The van der Waals surface area contributed by atoms with E-state index in [-0.39, 0.29) is 0 Å². The van der Waals surface area contributed by atoms with Gasteiger partial charge in [-0.2, -0.15) is 0 Å². The zero-order valence-corrected chi connectivity index (χ0v) is 14.4. The first kappa shape index (κ1) is 16.9. The Morgan fingerprint density at radius 2 is 2.10 bits per heavy atom. The third-order valence-corrected chi connectivity index (χ3v) is 6.04. The van der Waals surface area contributed by atoms with E-state index in [2.05, 4.69) is 14.9 Å². The Morgan fingerprint density at radius 3 is 2.76 bits per heavy atom. The smallest absolute Gasteiger partial charge is 0.241 e. The molecule has 1 aromatic heterocycles. The van der Waals surface area contributed by atoms with Crippen LogP contribution in [-0.4, -0.2) is 46.5 Å². The van der Waals surface area contributed by atoms with Crippen LogP contribution >= 0.6 is 11.3 Å². The second kappa shape index (κ2) is 7.69. The molecule has 7 heteroatoms. The minimum Gasteiger partial charge on any atom is -0.309 e. The van der Waals surface area contributed by atoms with E-state index in [0.29, 0.717) is 24.0 Å². The number of thiophene rings is 1. The molecule has 1 aliphatic carbocycles. The van der Waals surface area contributed by atoms with Gasteiger partial charge in [-0.05, 0) is 57.8 Å². The fourth-order valence-electron chi connectivity index (χ4n) is 2.06. The fraction of sp³-hybridized carbons (Fsp3) is 0.714. The lowest BCUT2D eigenvalue weighted by molar-refractivity contribution is 0.394. The van der Waals surface area contributed by atoms with Crippen molar-refractivity contribution in [3.63, 3.8) is 0 Å². The molecule has 1 heterocycles. The molecule has 0 unspecified atom stereocenters. The maximum absolute atomic E-state index is 12.3. The van der Waals surface area contributed by atoms with Crippen LogP contribution in [0, 0.1) is 0 Å². The Bertz CT molecular complexity index is 536. The van der Waals surface area contributed by atoms with Crippen molar-refractivity contribution in [2.24, 2.45) is 0 Å². The number of unbranched alkanes of at least 4 members (excludes halogenated alkanes) is 1. The van der Waals surface area contributed by atoms with Crippen LogP contribution < -0.4 is 10.0 Å². The first-order valence-electron chi connectivity index (χ1n) is 7.43. The van der Waals surface area contributed by atoms with Gasteiger partial charge < -0.3 is 10.2 Å². The molecule has 0 spiro atoms. The van der Waals surface area contributed by atoms with Crippen LogP contribution in [0.3, 0.4) is 0 Å². The van der Waals surface area contributed by atoms with E-state index in [4.69, 9.17) is 0 Å². The van der Waals surface area contributed by atoms with Crippen molar-refractivity contribution < 1.29 is 8.42 Å². The molecule has 1 fully saturated rings. The lowest BCUT2D eigenvalue weighted by atomic mass is 10.3. The van der Waals surface area contributed by atoms with Crippen molar-refractivity contribution >= 4 is 21.4 Å². The normalized spacial score (nSPS) is 15.8. The molecular formula is C14H25N3O2S2. The monoisotopic (exact) mass is 331 g/mol. The highest BCUT2D eigenvalue weighted by Crippen LogP contribution is 2.24. The zero-order valence-electron chi connectivity index (χ0n) is 12.8. The van der Waals surface area contributed by atoms with E-state index in [1.54, 1.807) is 6.07 Å². The van der Waals surface area contributed by atoms with Crippen LogP contribution in [0.2, 0.25) is 0 Å². The van der Waals surface area contributed by atoms with Crippen molar-refractivity contribution in [2.75, 3.05) is 27.2 Å². The summed E-state index contributed by atoms with van der Waals surface area (Å²) in [5, 5.41) is 5.22. The molecule has 0 aromatic carbocycles. The average Bonchev–Trinajstić information content (AvgIpc) is 3.11. The van der Waals surface area contributed by atoms with E-state index < -0.39 is 10.0 Å². The summed E-state index contributed by atoms with van der Waals surface area (Å²) in [5.41, 5.74) is 0. The highest BCUT2D eigenvalue weighted by Gasteiger charge is 2.23. The van der Waals surface area contributed by atoms with Crippen molar-refractivity contribution in [3.8, 4) is 0 Å². The Hall–Kier alpha value is -0.470. The van der Waals surface area contributed by atoms with Crippen LogP contribution in [0.15, 0.2) is 16.3 Å². The highest BCUT2D eigenvalue weighted by atomic mass is 32.2. The van der Waals surface area contributed by atoms with Gasteiger partial charge in [-0.3, -0.25) is 0 Å². The molecule has 1 saturated carbocycles. The largest absolute Gasteiger partial charge is 0.309 e. The maximum atomic E-state index is 12.3. The minimum absolute atomic E-state index is 0.438. The molecular weight excluding hydrogens is 306 g/mol. The summed E-state index contributed by atoms with van der Waals surface area (Å²) in [7, 11) is 0.676. The predicted octanol–water partition coefficient (Wildman–Crippen LogP) is 1.62. The maximum Gasteiger partial charge on any atom is 0.241 e. The van der Waals surface area contributed by atoms with E-state index >= 15 is 0 Å². The molecule has 1 aliphatic rings. The van der Waals surface area contributed by atoms with Gasteiger partial charge in [0.2, 0.25) is 10.0 Å². The van der Waals surface area contributed by atoms with Gasteiger partial charge in [-0.15, -0.1) is 11.3 Å². The van der Waals surface area contributed by atoms with E-state index in [1.807, 2.05) is 19.5 Å². The van der Waals surface area contributed by atoms with E-state index in [9.17, 15) is 8.42 Å². The van der Waals surface area contributed by atoms with Crippen molar-refractivity contribution in [2.45, 2.75) is 43.2 Å². The molecule has 2 rings (SSSR count). The van der Waals surface area contributed by atoms with E-state index in [0.717, 1.165) is 24.3 Å². The zero-order chi connectivity index (χ0) is 15.3. The van der Waals surface area contributed by atoms with Crippen LogP contribution in [0.1, 0.15) is 30.6 Å². The van der Waals surface area contributed by atoms with Gasteiger partial charge in [-0.1, -0.05) is 0 Å². The second-order valence-corrected chi connectivity index (χ2v) is 8.51. The molecule has 0 bridgehead atoms. The standard InChI is InChI=1S/C14H25N3O2S2/c1-17(2)9-4-3-8-16-21(18,19)14-7-10-20-13(14)11-15-12-5-6-12/h7,10,12,15-16H,3-6,8-9,11H2,1-2H3. The Balaban J connectivity index is 1.82. The van der Waals surface area contributed by atoms with E-state index in [1.165, 1.54) is 24.2 Å². The Kier molecular flexibility index (Phi) is 6.19. The first-order valence-corrected chi connectivity index (χ1v) is 9.79. The summed E-state index contributed by atoms with van der Waals surface area (Å²) in [6, 6.07) is 2.29. The predicted molar refractivity (Wildman–Crippen MR) is 87.2 cm³/mol. The van der Waals surface area contributed by atoms with Gasteiger partial charge in [0.15, 0.2) is 0 Å². The van der Waals surface area contributed by atoms with Crippen molar-refractivity contribution in [3.05, 3.63) is 16.3 Å². The second-order valence-electron chi connectivity index (χ2n) is 5.77. The van der Waals surface area contributed by atoms with Gasteiger partial charge in [0.25, 0.3) is 0 Å². The molecule has 0 aliphatic heterocycles. The molecule has 0 atom stereocenters. The van der Waals surface area contributed by atoms with Gasteiger partial charge in [-0.25, -0.2) is 13.1 Å². The van der Waals surface area contributed by atoms with Crippen LogP contribution in [-0.2, 0) is 16.6 Å². The average molecular weight is 332 g/mol. The topological polar surface area (TPSA) is 61.4 Å². The summed E-state index contributed by atoms with van der Waals surface area (Å²) in [6.45, 7) is 2.14. The summed E-state index contributed by atoms with van der Waals surface area (Å²) in [4.78, 5) is 3.45. The Labute approximate surface area is 131 Å². The molecule has 0 radical (unpaired) electrons. The Morgan fingerprint density at radius 1 is 1.33 bits per heavy atom. The minimum atomic E-state index is -3.37. The number of sulfonamides is 1. The van der Waals surface area contributed by atoms with Crippen LogP contribution in [0.25, 0.3) is 0 Å². The molecule has 120 valence electrons. The molecule has 5 nitrogen and oxygen atoms in total. The van der Waals surface area contributed by atoms with Crippen molar-refractivity contribution in [1.82, 2.24) is 14.9 Å². The molecule has 21 heavy (non-hydrogen) atoms. The summed E-state index contributed by atoms with van der Waals surface area (Å²) < 4.78 is 27.4. The lowest BCUT2D eigenvalue weighted by Crippen LogP contribution is -2.26. The quantitative estimate of drug-likeness (QED) is 0.640. The van der Waals surface area contributed by atoms with Gasteiger partial charge in [0, 0.05) is 24.0 Å². The van der Waals surface area contributed by atoms with Gasteiger partial charge in [0.1, 0.15) is 0 Å². The number of hydrogen-bond donors (Lipinski definition) is 2. The van der Waals surface area contributed by atoms with Gasteiger partial charge >= 0.3 is 0 Å². The molecule has 0 amide bonds. The molecule has 2 N–H and O–H groups in total. The molecule has 1 aromatic rings. The lowest BCUT2D eigenvalue weighted by Gasteiger charge is -2.10. The molecule has 0 saturated heterocycles. The summed E-state index contributed by atoms with van der Waals surface area (Å²) >= 11 is 1.51. The van der Waals surface area contributed by atoms with Crippen LogP contribution in [0.5, 0.6) is 0 Å². The number of nitrogens with zero attached hydrogens (tertiary/aromatic N) is 1. The van der Waals surface area contributed by atoms with Gasteiger partial charge in [0.05, 0.1) is 4.90 Å². The SMILES string of the molecule is CN(C)CCCCNS(=O)(=O)c1ccsc1CNC1CC1. The van der Waals surface area contributed by atoms with Crippen molar-refractivity contribution in [1.29, 1.82) is 0 Å². The summed E-state index contributed by atoms with van der Waals surface area (Å²) in [6.07, 6.45) is 4.27.